The number of hydrogen-bond acceptors (Lipinski definition) is 9. The van der Waals surface area contributed by atoms with Gasteiger partial charge in [-0.25, -0.2) is 15.0 Å². The van der Waals surface area contributed by atoms with Gasteiger partial charge in [0.2, 0.25) is 0 Å². The number of fused-ring (bicyclic) bond motifs is 1. The predicted molar refractivity (Wildman–Crippen MR) is 80.6 cm³/mol. The van der Waals surface area contributed by atoms with Gasteiger partial charge in [-0.2, -0.15) is 0 Å². The monoisotopic (exact) mass is 341 g/mol. The van der Waals surface area contributed by atoms with E-state index in [1.54, 1.807) is 4.57 Å². The van der Waals surface area contributed by atoms with Gasteiger partial charge < -0.3 is 25.8 Å². The Bertz CT molecular complexity index is 725. The molecule has 0 unspecified atom stereocenters. The summed E-state index contributed by atoms with van der Waals surface area (Å²) in [5.41, 5.74) is 6.54. The average Bonchev–Trinajstić information content (AvgIpc) is 3.07. The molecule has 5 N–H and O–H groups in total. The molecule has 1 aliphatic heterocycles. The molecule has 0 bridgehead atoms. The molecule has 1 aliphatic rings. The van der Waals surface area contributed by atoms with E-state index in [2.05, 4.69) is 15.0 Å². The number of carboxylic acids is 1. The molecule has 23 heavy (non-hydrogen) atoms. The zero-order valence-electron chi connectivity index (χ0n) is 11.8. The minimum absolute atomic E-state index is 0.205. The molecular formula is C12H15N5O5S. The fourth-order valence-electron chi connectivity index (χ4n) is 2.50. The summed E-state index contributed by atoms with van der Waals surface area (Å²) in [5, 5.41) is 27.8. The van der Waals surface area contributed by atoms with Crippen LogP contribution in [0.25, 0.3) is 11.2 Å². The molecule has 2 aromatic rings. The molecule has 0 aromatic carbocycles. The summed E-state index contributed by atoms with van der Waals surface area (Å²) < 4.78 is 7.23. The molecule has 1 saturated heterocycles. The van der Waals surface area contributed by atoms with Crippen LogP contribution in [0.5, 0.6) is 0 Å². The molecule has 11 heteroatoms. The number of nitrogens with zero attached hydrogens (tertiary/aromatic N) is 4. The van der Waals surface area contributed by atoms with Crippen molar-refractivity contribution in [3.05, 3.63) is 12.7 Å². The zero-order valence-corrected chi connectivity index (χ0v) is 12.6. The van der Waals surface area contributed by atoms with Crippen LogP contribution < -0.4 is 5.73 Å². The largest absolute Gasteiger partial charge is 0.481 e. The van der Waals surface area contributed by atoms with Crippen LogP contribution in [0.1, 0.15) is 6.23 Å². The lowest BCUT2D eigenvalue weighted by molar-refractivity contribution is -0.133. The number of aliphatic hydroxyl groups is 2. The Morgan fingerprint density at radius 3 is 2.91 bits per heavy atom. The Hall–Kier alpha value is -1.95. The minimum Gasteiger partial charge on any atom is -0.481 e. The lowest BCUT2D eigenvalue weighted by atomic mass is 10.2. The normalized spacial score (nSPS) is 27.6. The van der Waals surface area contributed by atoms with Crippen LogP contribution in [-0.2, 0) is 9.53 Å². The minimum atomic E-state index is -1.02. The summed E-state index contributed by atoms with van der Waals surface area (Å²) >= 11 is 1.03. The summed E-state index contributed by atoms with van der Waals surface area (Å²) in [6.07, 6.45) is 0.158. The number of hydrogen-bond donors (Lipinski definition) is 4. The first-order chi connectivity index (χ1) is 11.0. The van der Waals surface area contributed by atoms with E-state index in [4.69, 9.17) is 15.6 Å². The number of nitrogen functional groups attached to an aromatic ring is 1. The topological polar surface area (TPSA) is 157 Å². The van der Waals surface area contributed by atoms with E-state index < -0.39 is 29.7 Å². The maximum Gasteiger partial charge on any atom is 0.313 e. The Balaban J connectivity index is 1.97. The molecule has 1 fully saturated rings. The summed E-state index contributed by atoms with van der Waals surface area (Å²) in [6, 6.07) is 0. The van der Waals surface area contributed by atoms with E-state index in [-0.39, 0.29) is 18.2 Å². The molecule has 0 aliphatic carbocycles. The second kappa shape index (κ2) is 6.28. The fourth-order valence-corrected chi connectivity index (χ4v) is 3.56. The highest BCUT2D eigenvalue weighted by molar-refractivity contribution is 8.00. The number of anilines is 1. The lowest BCUT2D eigenvalue weighted by Gasteiger charge is -2.20. The number of thioether (sulfide) groups is 1. The smallest absolute Gasteiger partial charge is 0.313 e. The number of carboxylic acid groups (broad SMARTS) is 1. The van der Waals surface area contributed by atoms with Crippen molar-refractivity contribution in [2.75, 3.05) is 18.1 Å². The Labute approximate surface area is 134 Å². The van der Waals surface area contributed by atoms with E-state index in [1.807, 2.05) is 0 Å². The standard InChI is InChI=1S/C12H15N5O5S/c13-10-7-11(15-3-14-10)17(4-16-7)12-9(23-2-6(19)20)8(21)5(1-18)22-12/h3-5,8-9,12,18,21H,1-2H2,(H,19,20)(H2,13,14,15)/t5-,8-,9-,12-/m1/s1. The Kier molecular flexibility index (Phi) is 4.35. The van der Waals surface area contributed by atoms with Crippen LogP contribution in [0.4, 0.5) is 5.82 Å². The van der Waals surface area contributed by atoms with Crippen LogP contribution in [0.15, 0.2) is 12.7 Å². The van der Waals surface area contributed by atoms with Gasteiger partial charge in [0.25, 0.3) is 0 Å². The van der Waals surface area contributed by atoms with Gasteiger partial charge in [-0.1, -0.05) is 0 Å². The Morgan fingerprint density at radius 2 is 2.22 bits per heavy atom. The maximum absolute atomic E-state index is 10.8. The van der Waals surface area contributed by atoms with Crippen molar-refractivity contribution in [3.63, 3.8) is 0 Å². The van der Waals surface area contributed by atoms with Gasteiger partial charge in [-0.05, 0) is 0 Å². The van der Waals surface area contributed by atoms with Crippen molar-refractivity contribution in [2.45, 2.75) is 23.7 Å². The highest BCUT2D eigenvalue weighted by Gasteiger charge is 2.45. The SMILES string of the molecule is Nc1ncnc2c1ncn2[C@@H]1O[C@H](CO)[C@@H](O)[C@H]1SCC(=O)O. The van der Waals surface area contributed by atoms with Gasteiger partial charge in [0, 0.05) is 0 Å². The highest BCUT2D eigenvalue weighted by Crippen LogP contribution is 2.38. The molecule has 3 heterocycles. The number of aliphatic carboxylic acids is 1. The van der Waals surface area contributed by atoms with Crippen LogP contribution in [0.2, 0.25) is 0 Å². The third kappa shape index (κ3) is 2.83. The highest BCUT2D eigenvalue weighted by atomic mass is 32.2. The van der Waals surface area contributed by atoms with Crippen LogP contribution in [0, 0.1) is 0 Å². The molecule has 0 amide bonds. The van der Waals surface area contributed by atoms with Crippen molar-refractivity contribution >= 4 is 34.7 Å². The van der Waals surface area contributed by atoms with E-state index in [0.717, 1.165) is 11.8 Å². The third-order valence-corrected chi connectivity index (χ3v) is 4.86. The van der Waals surface area contributed by atoms with Gasteiger partial charge in [-0.3, -0.25) is 9.36 Å². The van der Waals surface area contributed by atoms with Crippen molar-refractivity contribution in [1.29, 1.82) is 0 Å². The van der Waals surface area contributed by atoms with E-state index >= 15 is 0 Å². The summed E-state index contributed by atoms with van der Waals surface area (Å²) in [4.78, 5) is 22.9. The summed E-state index contributed by atoms with van der Waals surface area (Å²) in [6.45, 7) is -0.383. The van der Waals surface area contributed by atoms with E-state index in [9.17, 15) is 15.0 Å². The molecule has 3 rings (SSSR count). The number of rotatable bonds is 5. The lowest BCUT2D eigenvalue weighted by Crippen LogP contribution is -2.32. The van der Waals surface area contributed by atoms with Crippen LogP contribution in [0.3, 0.4) is 0 Å². The molecule has 2 aromatic heterocycles. The number of imidazole rings is 1. The summed E-state index contributed by atoms with van der Waals surface area (Å²) in [5.74, 6) is -1.00. The molecular weight excluding hydrogens is 326 g/mol. The molecule has 0 saturated carbocycles. The maximum atomic E-state index is 10.8. The first kappa shape index (κ1) is 15.9. The first-order valence-electron chi connectivity index (χ1n) is 6.73. The van der Waals surface area contributed by atoms with Crippen LogP contribution >= 0.6 is 11.8 Å². The predicted octanol–water partition coefficient (Wildman–Crippen LogP) is -1.15. The molecule has 0 radical (unpaired) electrons. The van der Waals surface area contributed by atoms with Crippen molar-refractivity contribution in [1.82, 2.24) is 19.5 Å². The number of aliphatic hydroxyl groups excluding tert-OH is 2. The van der Waals surface area contributed by atoms with Gasteiger partial charge in [0.15, 0.2) is 17.7 Å². The second-order valence-electron chi connectivity index (χ2n) is 4.99. The molecule has 10 nitrogen and oxygen atoms in total. The van der Waals surface area contributed by atoms with Gasteiger partial charge in [0.1, 0.15) is 17.9 Å². The van der Waals surface area contributed by atoms with Crippen molar-refractivity contribution < 1.29 is 24.9 Å². The van der Waals surface area contributed by atoms with Crippen molar-refractivity contribution in [2.24, 2.45) is 0 Å². The van der Waals surface area contributed by atoms with E-state index in [0.29, 0.717) is 11.2 Å². The molecule has 124 valence electrons. The van der Waals surface area contributed by atoms with Gasteiger partial charge in [-0.15, -0.1) is 11.8 Å². The number of aromatic nitrogens is 4. The molecule has 0 spiro atoms. The average molecular weight is 341 g/mol. The third-order valence-electron chi connectivity index (χ3n) is 3.55. The fraction of sp³-hybridized carbons (Fsp3) is 0.500. The second-order valence-corrected chi connectivity index (χ2v) is 6.16. The Morgan fingerprint density at radius 1 is 1.43 bits per heavy atom. The molecule has 4 atom stereocenters. The van der Waals surface area contributed by atoms with Gasteiger partial charge >= 0.3 is 5.97 Å². The van der Waals surface area contributed by atoms with Gasteiger partial charge in [0.05, 0.1) is 30.0 Å². The number of nitrogens with two attached hydrogens (primary N) is 1. The van der Waals surface area contributed by atoms with Crippen molar-refractivity contribution in [3.8, 4) is 0 Å². The van der Waals surface area contributed by atoms with Crippen LogP contribution in [-0.4, -0.2) is 70.6 Å². The zero-order chi connectivity index (χ0) is 16.6. The first-order valence-corrected chi connectivity index (χ1v) is 7.78. The quantitative estimate of drug-likeness (QED) is 0.523. The summed E-state index contributed by atoms with van der Waals surface area (Å²) in [7, 11) is 0. The number of carbonyl (C=O) groups is 1. The number of ether oxygens (including phenoxy) is 1. The van der Waals surface area contributed by atoms with E-state index in [1.165, 1.54) is 12.7 Å².